The molecule has 0 bridgehead atoms. The third-order valence-corrected chi connectivity index (χ3v) is 3.05. The van der Waals surface area contributed by atoms with Crippen molar-refractivity contribution in [3.63, 3.8) is 0 Å². The summed E-state index contributed by atoms with van der Waals surface area (Å²) in [5, 5.41) is 2.94. The molecule has 0 aliphatic carbocycles. The van der Waals surface area contributed by atoms with Crippen LogP contribution in [0.25, 0.3) is 0 Å². The normalized spacial score (nSPS) is 12.2. The van der Waals surface area contributed by atoms with Crippen molar-refractivity contribution >= 4 is 28.5 Å². The second-order valence-corrected chi connectivity index (χ2v) is 4.42. The summed E-state index contributed by atoms with van der Waals surface area (Å²) >= 11 is 2.17. The van der Waals surface area contributed by atoms with Crippen molar-refractivity contribution in [2.45, 2.75) is 26.3 Å². The van der Waals surface area contributed by atoms with E-state index in [4.69, 9.17) is 0 Å². The highest BCUT2D eigenvalue weighted by Gasteiger charge is 2.10. The number of carbonyl (C=O) groups is 1. The topological polar surface area (TPSA) is 29.1 Å². The van der Waals surface area contributed by atoms with E-state index in [0.717, 1.165) is 15.6 Å². The molecule has 0 aliphatic rings. The van der Waals surface area contributed by atoms with Gasteiger partial charge < -0.3 is 5.32 Å². The minimum atomic E-state index is 0.0179. The summed E-state index contributed by atoms with van der Waals surface area (Å²) in [7, 11) is 0. The summed E-state index contributed by atoms with van der Waals surface area (Å²) in [6, 6.07) is 7.83. The van der Waals surface area contributed by atoms with Crippen molar-refractivity contribution < 1.29 is 4.79 Å². The Labute approximate surface area is 98.2 Å². The molecule has 0 heterocycles. The fraction of sp³-hybridized carbons (Fsp3) is 0.364. The second-order valence-electron chi connectivity index (χ2n) is 3.26. The Morgan fingerprint density at radius 1 is 1.50 bits per heavy atom. The number of rotatable bonds is 3. The molecular formula is C11H14INO. The van der Waals surface area contributed by atoms with Crippen LogP contribution in [0.2, 0.25) is 0 Å². The Kier molecular flexibility index (Phi) is 4.38. The zero-order chi connectivity index (χ0) is 10.6. The smallest absolute Gasteiger partial charge is 0.252 e. The van der Waals surface area contributed by atoms with E-state index in [1.807, 2.05) is 31.2 Å². The Balaban J connectivity index is 2.75. The molecule has 1 amide bonds. The quantitative estimate of drug-likeness (QED) is 0.855. The van der Waals surface area contributed by atoms with Crippen LogP contribution in [0, 0.1) is 3.57 Å². The van der Waals surface area contributed by atoms with E-state index in [9.17, 15) is 4.79 Å². The van der Waals surface area contributed by atoms with Crippen molar-refractivity contribution in [2.75, 3.05) is 0 Å². The van der Waals surface area contributed by atoms with E-state index in [2.05, 4.69) is 34.8 Å². The summed E-state index contributed by atoms with van der Waals surface area (Å²) in [5.74, 6) is 0.0179. The predicted octanol–water partition coefficient (Wildman–Crippen LogP) is 2.82. The molecule has 0 fully saturated rings. The minimum absolute atomic E-state index is 0.0179. The highest BCUT2D eigenvalue weighted by Crippen LogP contribution is 2.11. The van der Waals surface area contributed by atoms with Gasteiger partial charge in [-0.2, -0.15) is 0 Å². The van der Waals surface area contributed by atoms with Gasteiger partial charge in [0, 0.05) is 9.61 Å². The van der Waals surface area contributed by atoms with Gasteiger partial charge in [0.05, 0.1) is 5.56 Å². The maximum atomic E-state index is 11.7. The summed E-state index contributed by atoms with van der Waals surface area (Å²) in [6.07, 6.45) is 0.954. The lowest BCUT2D eigenvalue weighted by Gasteiger charge is -2.11. The van der Waals surface area contributed by atoms with Gasteiger partial charge in [0.1, 0.15) is 0 Å². The van der Waals surface area contributed by atoms with Crippen molar-refractivity contribution in [3.05, 3.63) is 33.4 Å². The minimum Gasteiger partial charge on any atom is -0.350 e. The standard InChI is InChI=1S/C11H14INO/c1-3-8(2)13-11(14)9-6-4-5-7-10(9)12/h4-8H,3H2,1-2H3,(H,13,14)/t8-/m0/s1. The predicted molar refractivity (Wildman–Crippen MR) is 66.4 cm³/mol. The first-order chi connectivity index (χ1) is 6.65. The number of hydrogen-bond acceptors (Lipinski definition) is 1. The maximum absolute atomic E-state index is 11.7. The number of carbonyl (C=O) groups excluding carboxylic acids is 1. The molecule has 14 heavy (non-hydrogen) atoms. The number of halogens is 1. The monoisotopic (exact) mass is 303 g/mol. The van der Waals surface area contributed by atoms with Crippen LogP contribution >= 0.6 is 22.6 Å². The van der Waals surface area contributed by atoms with Crippen LogP contribution in [0.15, 0.2) is 24.3 Å². The Hall–Kier alpha value is -0.580. The van der Waals surface area contributed by atoms with Gasteiger partial charge in [0.2, 0.25) is 0 Å². The molecule has 1 aromatic carbocycles. The van der Waals surface area contributed by atoms with Crippen LogP contribution in [0.1, 0.15) is 30.6 Å². The van der Waals surface area contributed by atoms with E-state index in [0.29, 0.717) is 0 Å². The van der Waals surface area contributed by atoms with Gasteiger partial charge in [0.15, 0.2) is 0 Å². The fourth-order valence-electron chi connectivity index (χ4n) is 1.05. The van der Waals surface area contributed by atoms with Crippen LogP contribution < -0.4 is 5.32 Å². The van der Waals surface area contributed by atoms with Crippen molar-refractivity contribution in [2.24, 2.45) is 0 Å². The lowest BCUT2D eigenvalue weighted by molar-refractivity contribution is 0.0938. The Morgan fingerprint density at radius 2 is 2.14 bits per heavy atom. The maximum Gasteiger partial charge on any atom is 0.252 e. The van der Waals surface area contributed by atoms with Crippen molar-refractivity contribution in [3.8, 4) is 0 Å². The second kappa shape index (κ2) is 5.34. The van der Waals surface area contributed by atoms with Gasteiger partial charge in [0.25, 0.3) is 5.91 Å². The van der Waals surface area contributed by atoms with Crippen LogP contribution in [0.3, 0.4) is 0 Å². The lowest BCUT2D eigenvalue weighted by Crippen LogP contribution is -2.32. The number of hydrogen-bond donors (Lipinski definition) is 1. The third kappa shape index (κ3) is 2.97. The first kappa shape index (κ1) is 11.5. The van der Waals surface area contributed by atoms with Gasteiger partial charge in [-0.3, -0.25) is 4.79 Å². The van der Waals surface area contributed by atoms with Gasteiger partial charge in [-0.25, -0.2) is 0 Å². The molecule has 0 saturated carbocycles. The molecular weight excluding hydrogens is 289 g/mol. The molecule has 0 unspecified atom stereocenters. The summed E-state index contributed by atoms with van der Waals surface area (Å²) in [5.41, 5.74) is 0.758. The summed E-state index contributed by atoms with van der Waals surface area (Å²) < 4.78 is 0.992. The third-order valence-electron chi connectivity index (χ3n) is 2.11. The first-order valence-corrected chi connectivity index (χ1v) is 5.78. The lowest BCUT2D eigenvalue weighted by atomic mass is 10.2. The van der Waals surface area contributed by atoms with Crippen LogP contribution in [0.4, 0.5) is 0 Å². The largest absolute Gasteiger partial charge is 0.350 e. The van der Waals surface area contributed by atoms with Crippen molar-refractivity contribution in [1.82, 2.24) is 5.32 Å². The first-order valence-electron chi connectivity index (χ1n) is 4.70. The van der Waals surface area contributed by atoms with E-state index in [-0.39, 0.29) is 11.9 Å². The zero-order valence-electron chi connectivity index (χ0n) is 8.38. The molecule has 2 nitrogen and oxygen atoms in total. The molecule has 1 rings (SSSR count). The van der Waals surface area contributed by atoms with Gasteiger partial charge in [-0.15, -0.1) is 0 Å². The van der Waals surface area contributed by atoms with Crippen molar-refractivity contribution in [1.29, 1.82) is 0 Å². The zero-order valence-corrected chi connectivity index (χ0v) is 10.5. The van der Waals surface area contributed by atoms with Gasteiger partial charge in [-0.1, -0.05) is 19.1 Å². The molecule has 0 aliphatic heterocycles. The average molecular weight is 303 g/mol. The summed E-state index contributed by atoms with van der Waals surface area (Å²) in [6.45, 7) is 4.06. The highest BCUT2D eigenvalue weighted by atomic mass is 127. The highest BCUT2D eigenvalue weighted by molar-refractivity contribution is 14.1. The molecule has 76 valence electrons. The van der Waals surface area contributed by atoms with Gasteiger partial charge in [-0.05, 0) is 48.1 Å². The summed E-state index contributed by atoms with van der Waals surface area (Å²) in [4.78, 5) is 11.7. The molecule has 1 N–H and O–H groups in total. The Morgan fingerprint density at radius 3 is 2.71 bits per heavy atom. The van der Waals surface area contributed by atoms with E-state index in [1.165, 1.54) is 0 Å². The van der Waals surface area contributed by atoms with E-state index < -0.39 is 0 Å². The number of benzene rings is 1. The number of amides is 1. The molecule has 1 aromatic rings. The Bertz CT molecular complexity index is 325. The molecule has 0 spiro atoms. The molecule has 3 heteroatoms. The van der Waals surface area contributed by atoms with Crippen LogP contribution in [-0.2, 0) is 0 Å². The SMILES string of the molecule is CC[C@H](C)NC(=O)c1ccccc1I. The number of nitrogens with one attached hydrogen (secondary N) is 1. The van der Waals surface area contributed by atoms with Crippen LogP contribution in [0.5, 0.6) is 0 Å². The van der Waals surface area contributed by atoms with E-state index in [1.54, 1.807) is 0 Å². The molecule has 0 aromatic heterocycles. The average Bonchev–Trinajstić information content (AvgIpc) is 2.18. The fourth-order valence-corrected chi connectivity index (χ4v) is 1.68. The molecule has 0 saturated heterocycles. The van der Waals surface area contributed by atoms with Gasteiger partial charge >= 0.3 is 0 Å². The molecule has 0 radical (unpaired) electrons. The van der Waals surface area contributed by atoms with E-state index >= 15 is 0 Å². The molecule has 1 atom stereocenters. The van der Waals surface area contributed by atoms with Crippen LogP contribution in [-0.4, -0.2) is 11.9 Å².